The summed E-state index contributed by atoms with van der Waals surface area (Å²) in [5.41, 5.74) is 2.87. The van der Waals surface area contributed by atoms with Crippen LogP contribution in [0, 0.1) is 5.82 Å². The summed E-state index contributed by atoms with van der Waals surface area (Å²) in [5.74, 6) is -0.172. The zero-order chi connectivity index (χ0) is 14.7. The van der Waals surface area contributed by atoms with Crippen molar-refractivity contribution in [3.05, 3.63) is 29.8 Å². The lowest BCUT2D eigenvalue weighted by Gasteiger charge is -2.29. The third-order valence-corrected chi connectivity index (χ3v) is 4.21. The highest BCUT2D eigenvalue weighted by Crippen LogP contribution is 2.33. The van der Waals surface area contributed by atoms with Crippen molar-refractivity contribution in [2.75, 3.05) is 31.1 Å². The van der Waals surface area contributed by atoms with E-state index >= 15 is 0 Å². The minimum absolute atomic E-state index is 0.172. The summed E-state index contributed by atoms with van der Waals surface area (Å²) in [4.78, 5) is 2.21. The van der Waals surface area contributed by atoms with E-state index in [4.69, 9.17) is 4.42 Å². The maximum absolute atomic E-state index is 14.0. The normalized spacial score (nSPS) is 15.8. The molecule has 1 aliphatic rings. The van der Waals surface area contributed by atoms with Crippen molar-refractivity contribution >= 4 is 16.7 Å². The average molecular weight is 290 g/mol. The van der Waals surface area contributed by atoms with E-state index in [0.29, 0.717) is 0 Å². The lowest BCUT2D eigenvalue weighted by molar-refractivity contribution is 0.573. The maximum Gasteiger partial charge on any atom is 0.157 e. The maximum atomic E-state index is 14.0. The van der Waals surface area contributed by atoms with Gasteiger partial charge in [0.2, 0.25) is 0 Å². The van der Waals surface area contributed by atoms with Gasteiger partial charge in [0.1, 0.15) is 5.82 Å². The van der Waals surface area contributed by atoms with Gasteiger partial charge in [-0.25, -0.2) is 4.39 Å². The van der Waals surface area contributed by atoms with Crippen LogP contribution in [-0.2, 0) is 6.42 Å². The molecule has 0 aliphatic carbocycles. The van der Waals surface area contributed by atoms with E-state index in [1.54, 1.807) is 12.1 Å². The quantitative estimate of drug-likeness (QED) is 0.851. The first-order valence-electron chi connectivity index (χ1n) is 7.95. The van der Waals surface area contributed by atoms with Crippen LogP contribution in [0.15, 0.2) is 22.8 Å². The van der Waals surface area contributed by atoms with E-state index in [-0.39, 0.29) is 5.82 Å². The summed E-state index contributed by atoms with van der Waals surface area (Å²) in [7, 11) is 0. The monoisotopic (exact) mass is 290 g/mol. The van der Waals surface area contributed by atoms with Crippen LogP contribution in [0.1, 0.15) is 31.7 Å². The lowest BCUT2D eigenvalue weighted by atomic mass is 10.1. The van der Waals surface area contributed by atoms with E-state index in [9.17, 15) is 4.39 Å². The van der Waals surface area contributed by atoms with E-state index in [1.807, 2.05) is 6.26 Å². The minimum atomic E-state index is -0.172. The van der Waals surface area contributed by atoms with Gasteiger partial charge < -0.3 is 14.6 Å². The topological polar surface area (TPSA) is 28.4 Å². The summed E-state index contributed by atoms with van der Waals surface area (Å²) in [6.07, 6.45) is 6.30. The zero-order valence-electron chi connectivity index (χ0n) is 12.6. The molecule has 1 aliphatic heterocycles. The van der Waals surface area contributed by atoms with Crippen LogP contribution in [0.2, 0.25) is 0 Å². The summed E-state index contributed by atoms with van der Waals surface area (Å²) >= 11 is 0. The van der Waals surface area contributed by atoms with Gasteiger partial charge in [-0.1, -0.05) is 19.8 Å². The second-order valence-electron chi connectivity index (χ2n) is 5.76. The Kier molecular flexibility index (Phi) is 4.44. The number of benzene rings is 1. The Balaban J connectivity index is 1.93. The predicted octanol–water partition coefficient (Wildman–Crippen LogP) is 3.71. The van der Waals surface area contributed by atoms with Crippen LogP contribution < -0.4 is 10.2 Å². The molecule has 1 aromatic heterocycles. The molecular formula is C17H23FN2O. The first-order valence-corrected chi connectivity index (χ1v) is 7.95. The highest BCUT2D eigenvalue weighted by Gasteiger charge is 2.18. The summed E-state index contributed by atoms with van der Waals surface area (Å²) in [6.45, 7) is 5.84. The molecule has 1 fully saturated rings. The van der Waals surface area contributed by atoms with Gasteiger partial charge in [-0.3, -0.25) is 0 Å². The standard InChI is InChI=1S/C17H23FN2O/c1-2-3-4-5-13-12-21-17-15(13)10-14(18)11-16(17)20-8-6-19-7-9-20/h10-12,19H,2-9H2,1H3. The van der Waals surface area contributed by atoms with E-state index in [1.165, 1.54) is 12.8 Å². The summed E-state index contributed by atoms with van der Waals surface area (Å²) in [5, 5.41) is 4.26. The van der Waals surface area contributed by atoms with Gasteiger partial charge >= 0.3 is 0 Å². The van der Waals surface area contributed by atoms with Gasteiger partial charge in [-0.15, -0.1) is 0 Å². The number of nitrogens with zero attached hydrogens (tertiary/aromatic N) is 1. The van der Waals surface area contributed by atoms with Crippen molar-refractivity contribution in [3.8, 4) is 0 Å². The molecule has 3 rings (SSSR count). The number of furan rings is 1. The minimum Gasteiger partial charge on any atom is -0.462 e. The van der Waals surface area contributed by atoms with E-state index < -0.39 is 0 Å². The molecular weight excluding hydrogens is 267 g/mol. The van der Waals surface area contributed by atoms with Crippen LogP contribution in [0.4, 0.5) is 10.1 Å². The number of unbranched alkanes of at least 4 members (excludes halogenated alkanes) is 2. The number of aryl methyl sites for hydroxylation is 1. The Bertz CT molecular complexity index is 602. The molecule has 21 heavy (non-hydrogen) atoms. The van der Waals surface area contributed by atoms with Crippen molar-refractivity contribution in [1.82, 2.24) is 5.32 Å². The molecule has 0 saturated carbocycles. The molecule has 1 saturated heterocycles. The third-order valence-electron chi connectivity index (χ3n) is 4.21. The number of hydrogen-bond donors (Lipinski definition) is 1. The molecule has 1 N–H and O–H groups in total. The number of nitrogens with one attached hydrogen (secondary N) is 1. The Labute approximate surface area is 125 Å². The van der Waals surface area contributed by atoms with Gasteiger partial charge in [-0.05, 0) is 24.5 Å². The highest BCUT2D eigenvalue weighted by molar-refractivity contribution is 5.92. The van der Waals surface area contributed by atoms with Crippen LogP contribution in [0.5, 0.6) is 0 Å². The fourth-order valence-electron chi connectivity index (χ4n) is 3.03. The van der Waals surface area contributed by atoms with Crippen LogP contribution in [0.25, 0.3) is 11.0 Å². The average Bonchev–Trinajstić information content (AvgIpc) is 2.91. The second-order valence-corrected chi connectivity index (χ2v) is 5.76. The summed E-state index contributed by atoms with van der Waals surface area (Å²) in [6, 6.07) is 3.22. The molecule has 0 bridgehead atoms. The predicted molar refractivity (Wildman–Crippen MR) is 84.5 cm³/mol. The van der Waals surface area contributed by atoms with Crippen molar-refractivity contribution in [3.63, 3.8) is 0 Å². The molecule has 2 aromatic rings. The molecule has 0 spiro atoms. The highest BCUT2D eigenvalue weighted by atomic mass is 19.1. The fourth-order valence-corrected chi connectivity index (χ4v) is 3.03. The molecule has 4 heteroatoms. The number of anilines is 1. The number of piperazine rings is 1. The Morgan fingerprint density at radius 2 is 2.05 bits per heavy atom. The molecule has 1 aromatic carbocycles. The van der Waals surface area contributed by atoms with Gasteiger partial charge in [0.15, 0.2) is 5.58 Å². The Morgan fingerprint density at radius 3 is 2.81 bits per heavy atom. The van der Waals surface area contributed by atoms with E-state index in [0.717, 1.165) is 61.2 Å². The molecule has 3 nitrogen and oxygen atoms in total. The lowest BCUT2D eigenvalue weighted by Crippen LogP contribution is -2.43. The number of hydrogen-bond acceptors (Lipinski definition) is 3. The van der Waals surface area contributed by atoms with Crippen LogP contribution in [0.3, 0.4) is 0 Å². The van der Waals surface area contributed by atoms with Crippen molar-refractivity contribution in [2.45, 2.75) is 32.6 Å². The van der Waals surface area contributed by atoms with Gasteiger partial charge in [0.05, 0.1) is 12.0 Å². The molecule has 0 unspecified atom stereocenters. The molecule has 114 valence electrons. The van der Waals surface area contributed by atoms with Crippen LogP contribution >= 0.6 is 0 Å². The van der Waals surface area contributed by atoms with Gasteiger partial charge in [-0.2, -0.15) is 0 Å². The Morgan fingerprint density at radius 1 is 1.24 bits per heavy atom. The van der Waals surface area contributed by atoms with Crippen molar-refractivity contribution < 1.29 is 8.81 Å². The largest absolute Gasteiger partial charge is 0.462 e. The van der Waals surface area contributed by atoms with Gasteiger partial charge in [0.25, 0.3) is 0 Å². The first-order chi connectivity index (χ1) is 10.3. The van der Waals surface area contributed by atoms with Crippen molar-refractivity contribution in [2.24, 2.45) is 0 Å². The molecule has 0 atom stereocenters. The van der Waals surface area contributed by atoms with Crippen LogP contribution in [-0.4, -0.2) is 26.2 Å². The Hall–Kier alpha value is -1.55. The fraction of sp³-hybridized carbons (Fsp3) is 0.529. The SMILES string of the molecule is CCCCCc1coc2c(N3CCNCC3)cc(F)cc12. The third kappa shape index (κ3) is 3.05. The van der Waals surface area contributed by atoms with Gasteiger partial charge in [0, 0.05) is 37.6 Å². The van der Waals surface area contributed by atoms with Crippen molar-refractivity contribution in [1.29, 1.82) is 0 Å². The zero-order valence-corrected chi connectivity index (χ0v) is 12.6. The second kappa shape index (κ2) is 6.48. The van der Waals surface area contributed by atoms with E-state index in [2.05, 4.69) is 17.1 Å². The number of halogens is 1. The number of rotatable bonds is 5. The first kappa shape index (κ1) is 14.4. The molecule has 0 amide bonds. The molecule has 0 radical (unpaired) electrons. The smallest absolute Gasteiger partial charge is 0.157 e. The summed E-state index contributed by atoms with van der Waals surface area (Å²) < 4.78 is 19.8. The number of fused-ring (bicyclic) bond motifs is 1. The molecule has 2 heterocycles.